The smallest absolute Gasteiger partial charge is 0.335 e. The summed E-state index contributed by atoms with van der Waals surface area (Å²) >= 11 is 5.88. The topological polar surface area (TPSA) is 99.9 Å². The number of carbonyl (C=O) groups is 3. The first-order valence-corrected chi connectivity index (χ1v) is 8.77. The molecular weight excluding hydrogens is 374 g/mol. The molecule has 10 heteroatoms. The van der Waals surface area contributed by atoms with Gasteiger partial charge in [-0.1, -0.05) is 11.6 Å². The Balaban J connectivity index is 1.48. The van der Waals surface area contributed by atoms with E-state index < -0.39 is 17.8 Å². The van der Waals surface area contributed by atoms with E-state index in [1.165, 1.54) is 7.05 Å². The predicted molar refractivity (Wildman–Crippen MR) is 93.2 cm³/mol. The van der Waals surface area contributed by atoms with Gasteiger partial charge in [-0.25, -0.2) is 9.69 Å². The minimum Gasteiger partial charge on any atom is -0.419 e. The highest BCUT2D eigenvalue weighted by Crippen LogP contribution is 2.29. The van der Waals surface area contributed by atoms with Crippen molar-refractivity contribution >= 4 is 29.4 Å². The van der Waals surface area contributed by atoms with Crippen LogP contribution in [0.5, 0.6) is 0 Å². The molecule has 1 aromatic carbocycles. The summed E-state index contributed by atoms with van der Waals surface area (Å²) < 4.78 is 5.71. The van der Waals surface area contributed by atoms with Crippen molar-refractivity contribution < 1.29 is 18.8 Å². The monoisotopic (exact) mass is 389 g/mol. The highest BCUT2D eigenvalue weighted by Gasteiger charge is 2.44. The number of urea groups is 1. The van der Waals surface area contributed by atoms with Crippen LogP contribution in [0.15, 0.2) is 28.7 Å². The van der Waals surface area contributed by atoms with Crippen molar-refractivity contribution in [3.63, 3.8) is 0 Å². The number of rotatable bonds is 6. The van der Waals surface area contributed by atoms with Crippen LogP contribution in [-0.4, -0.2) is 62.5 Å². The van der Waals surface area contributed by atoms with Crippen LogP contribution in [-0.2, 0) is 16.1 Å². The number of benzene rings is 1. The van der Waals surface area contributed by atoms with Gasteiger partial charge in [0.1, 0.15) is 0 Å². The number of carbonyl (C=O) groups excluding carboxylic acids is 3. The van der Waals surface area contributed by atoms with Gasteiger partial charge in [0.05, 0.1) is 13.2 Å². The zero-order valence-electron chi connectivity index (χ0n) is 14.5. The van der Waals surface area contributed by atoms with Crippen LogP contribution in [0.2, 0.25) is 5.02 Å². The maximum atomic E-state index is 12.1. The molecule has 0 radical (unpaired) electrons. The van der Waals surface area contributed by atoms with E-state index in [0.29, 0.717) is 16.8 Å². The highest BCUT2D eigenvalue weighted by molar-refractivity contribution is 6.44. The minimum absolute atomic E-state index is 0.0110. The van der Waals surface area contributed by atoms with Crippen molar-refractivity contribution in [2.24, 2.45) is 0 Å². The summed E-state index contributed by atoms with van der Waals surface area (Å²) in [6.07, 6.45) is 1.89. The summed E-state index contributed by atoms with van der Waals surface area (Å²) in [5.41, 5.74) is 0.744. The Morgan fingerprint density at radius 1 is 1.15 bits per heavy atom. The van der Waals surface area contributed by atoms with E-state index in [0.717, 1.165) is 28.2 Å². The van der Waals surface area contributed by atoms with Crippen LogP contribution in [0.1, 0.15) is 18.7 Å². The standard InChI is InChI=1S/C17H16ClN5O4/c1-21-15(24)16(25)23(17(21)26)9-22(12-6-7-12)8-13-19-20-14(27-13)10-2-4-11(18)5-3-10/h2-5,12H,6-9H2,1H3. The second-order valence-electron chi connectivity index (χ2n) is 6.51. The van der Waals surface area contributed by atoms with Gasteiger partial charge < -0.3 is 4.42 Å². The van der Waals surface area contributed by atoms with Crippen LogP contribution in [0.3, 0.4) is 0 Å². The van der Waals surface area contributed by atoms with Gasteiger partial charge in [-0.3, -0.25) is 19.4 Å². The third-order valence-electron chi connectivity index (χ3n) is 4.53. The molecule has 2 aromatic rings. The lowest BCUT2D eigenvalue weighted by Crippen LogP contribution is -2.42. The fourth-order valence-electron chi connectivity index (χ4n) is 2.85. The number of hydrogen-bond acceptors (Lipinski definition) is 7. The molecule has 0 spiro atoms. The molecule has 4 amide bonds. The number of nitrogens with zero attached hydrogens (tertiary/aromatic N) is 5. The summed E-state index contributed by atoms with van der Waals surface area (Å²) in [7, 11) is 1.29. The first kappa shape index (κ1) is 17.6. The SMILES string of the molecule is CN1C(=O)C(=O)N(CN(Cc2nnc(-c3ccc(Cl)cc3)o2)C2CC2)C1=O. The first-order chi connectivity index (χ1) is 12.9. The number of imide groups is 2. The van der Waals surface area contributed by atoms with E-state index in [-0.39, 0.29) is 19.3 Å². The Morgan fingerprint density at radius 2 is 1.85 bits per heavy atom. The summed E-state index contributed by atoms with van der Waals surface area (Å²) in [5.74, 6) is -0.912. The molecule has 9 nitrogen and oxygen atoms in total. The Kier molecular flexibility index (Phi) is 4.40. The molecule has 1 saturated heterocycles. The van der Waals surface area contributed by atoms with Crippen LogP contribution in [0, 0.1) is 0 Å². The molecule has 140 valence electrons. The van der Waals surface area contributed by atoms with Gasteiger partial charge >= 0.3 is 17.8 Å². The Bertz CT molecular complexity index is 908. The van der Waals surface area contributed by atoms with E-state index in [1.807, 2.05) is 4.90 Å². The molecule has 4 rings (SSSR count). The van der Waals surface area contributed by atoms with Crippen LogP contribution in [0.25, 0.3) is 11.5 Å². The van der Waals surface area contributed by atoms with Gasteiger partial charge in [-0.15, -0.1) is 10.2 Å². The molecule has 2 fully saturated rings. The van der Waals surface area contributed by atoms with Crippen molar-refractivity contribution in [1.82, 2.24) is 24.9 Å². The third kappa shape index (κ3) is 3.43. The van der Waals surface area contributed by atoms with E-state index in [9.17, 15) is 14.4 Å². The van der Waals surface area contributed by atoms with Crippen molar-refractivity contribution in [2.45, 2.75) is 25.4 Å². The fraction of sp³-hybridized carbons (Fsp3) is 0.353. The second kappa shape index (κ2) is 6.75. The lowest BCUT2D eigenvalue weighted by molar-refractivity contribution is -0.143. The molecule has 0 atom stereocenters. The average molecular weight is 390 g/mol. The van der Waals surface area contributed by atoms with Gasteiger partial charge in [0, 0.05) is 23.7 Å². The molecule has 0 N–H and O–H groups in total. The quantitative estimate of drug-likeness (QED) is 0.547. The van der Waals surface area contributed by atoms with E-state index in [2.05, 4.69) is 10.2 Å². The predicted octanol–water partition coefficient (Wildman–Crippen LogP) is 1.73. The normalized spacial score (nSPS) is 17.5. The van der Waals surface area contributed by atoms with Crippen LogP contribution in [0.4, 0.5) is 4.79 Å². The maximum absolute atomic E-state index is 12.1. The molecule has 1 saturated carbocycles. The fourth-order valence-corrected chi connectivity index (χ4v) is 2.98. The van der Waals surface area contributed by atoms with Gasteiger partial charge in [0.2, 0.25) is 11.8 Å². The molecular formula is C17H16ClN5O4. The van der Waals surface area contributed by atoms with E-state index in [4.69, 9.17) is 16.0 Å². The van der Waals surface area contributed by atoms with Gasteiger partial charge in [0.25, 0.3) is 0 Å². The first-order valence-electron chi connectivity index (χ1n) is 8.40. The highest BCUT2D eigenvalue weighted by atomic mass is 35.5. The summed E-state index contributed by atoms with van der Waals surface area (Å²) in [6.45, 7) is 0.289. The van der Waals surface area contributed by atoms with Gasteiger partial charge in [-0.05, 0) is 37.1 Å². The number of amides is 4. The summed E-state index contributed by atoms with van der Waals surface area (Å²) in [6, 6.07) is 6.60. The zero-order chi connectivity index (χ0) is 19.1. The van der Waals surface area contributed by atoms with Crippen molar-refractivity contribution in [3.8, 4) is 11.5 Å². The minimum atomic E-state index is -0.821. The molecule has 2 aliphatic rings. The Hall–Kier alpha value is -2.78. The molecule has 2 heterocycles. The Labute approximate surface area is 159 Å². The zero-order valence-corrected chi connectivity index (χ0v) is 15.2. The van der Waals surface area contributed by atoms with E-state index in [1.54, 1.807) is 24.3 Å². The number of hydrogen-bond donors (Lipinski definition) is 0. The van der Waals surface area contributed by atoms with Crippen molar-refractivity contribution in [1.29, 1.82) is 0 Å². The Morgan fingerprint density at radius 3 is 2.44 bits per heavy atom. The summed E-state index contributed by atoms with van der Waals surface area (Å²) in [4.78, 5) is 39.4. The number of aromatic nitrogens is 2. The third-order valence-corrected chi connectivity index (χ3v) is 4.79. The average Bonchev–Trinajstić information content (AvgIpc) is 3.38. The molecule has 0 unspecified atom stereocenters. The lowest BCUT2D eigenvalue weighted by Gasteiger charge is -2.24. The van der Waals surface area contributed by atoms with Crippen molar-refractivity contribution in [2.75, 3.05) is 13.7 Å². The summed E-state index contributed by atoms with van der Waals surface area (Å²) in [5, 5.41) is 8.70. The largest absolute Gasteiger partial charge is 0.419 e. The van der Waals surface area contributed by atoms with Crippen LogP contribution < -0.4 is 0 Å². The molecule has 1 aliphatic carbocycles. The number of halogens is 1. The van der Waals surface area contributed by atoms with Crippen LogP contribution >= 0.6 is 11.6 Å². The van der Waals surface area contributed by atoms with Crippen molar-refractivity contribution in [3.05, 3.63) is 35.2 Å². The van der Waals surface area contributed by atoms with Gasteiger partial charge in [-0.2, -0.15) is 0 Å². The second-order valence-corrected chi connectivity index (χ2v) is 6.94. The molecule has 1 aliphatic heterocycles. The molecule has 1 aromatic heterocycles. The maximum Gasteiger partial charge on any atom is 0.335 e. The molecule has 27 heavy (non-hydrogen) atoms. The van der Waals surface area contributed by atoms with Gasteiger partial charge in [0.15, 0.2) is 0 Å². The molecule has 0 bridgehead atoms. The van der Waals surface area contributed by atoms with E-state index >= 15 is 0 Å². The number of likely N-dealkylation sites (N-methyl/N-ethyl adjacent to an activating group) is 1. The lowest BCUT2D eigenvalue weighted by atomic mass is 10.2.